The number of anilines is 1. The molecule has 1 atom stereocenters. The zero-order valence-electron chi connectivity index (χ0n) is 10.1. The second kappa shape index (κ2) is 6.51. The standard InChI is InChI=1S/C12H18N2O2S/c1-12(16,9-17-2)8-13-11(15)14-10-6-4-3-5-7-10/h3-7,16H,8-9H2,1-2H3,(H2,13,14,15)/t12-/m1/s1. The number of nitrogens with one attached hydrogen (secondary N) is 2. The van der Waals surface area contributed by atoms with E-state index in [2.05, 4.69) is 10.6 Å². The molecule has 3 N–H and O–H groups in total. The highest BCUT2D eigenvalue weighted by molar-refractivity contribution is 7.98. The van der Waals surface area contributed by atoms with Crippen LogP contribution in [0.1, 0.15) is 6.92 Å². The number of hydrogen-bond donors (Lipinski definition) is 3. The minimum Gasteiger partial charge on any atom is -0.387 e. The first-order valence-corrected chi connectivity index (χ1v) is 6.74. The topological polar surface area (TPSA) is 61.4 Å². The van der Waals surface area contributed by atoms with Crippen LogP contribution in [-0.4, -0.2) is 35.3 Å². The first-order chi connectivity index (χ1) is 8.03. The maximum Gasteiger partial charge on any atom is 0.319 e. The van der Waals surface area contributed by atoms with Gasteiger partial charge in [-0.2, -0.15) is 11.8 Å². The average Bonchev–Trinajstić information content (AvgIpc) is 2.28. The van der Waals surface area contributed by atoms with E-state index in [0.29, 0.717) is 5.75 Å². The van der Waals surface area contributed by atoms with Gasteiger partial charge in [-0.05, 0) is 25.3 Å². The third-order valence-electron chi connectivity index (χ3n) is 2.12. The Kier molecular flexibility index (Phi) is 5.31. The van der Waals surface area contributed by atoms with E-state index in [0.717, 1.165) is 5.69 Å². The predicted octanol–water partition coefficient (Wildman–Crippen LogP) is 1.92. The molecule has 1 rings (SSSR count). The molecule has 0 radical (unpaired) electrons. The monoisotopic (exact) mass is 254 g/mol. The van der Waals surface area contributed by atoms with Crippen LogP contribution in [0.2, 0.25) is 0 Å². The van der Waals surface area contributed by atoms with Crippen molar-refractivity contribution in [2.24, 2.45) is 0 Å². The van der Waals surface area contributed by atoms with Crippen molar-refractivity contribution in [2.45, 2.75) is 12.5 Å². The summed E-state index contributed by atoms with van der Waals surface area (Å²) in [4.78, 5) is 11.5. The highest BCUT2D eigenvalue weighted by Crippen LogP contribution is 2.09. The minimum atomic E-state index is -0.882. The SMILES string of the molecule is CSC[C@](C)(O)CNC(=O)Nc1ccccc1. The fourth-order valence-corrected chi connectivity index (χ4v) is 2.05. The molecule has 0 bridgehead atoms. The number of carbonyl (C=O) groups is 1. The van der Waals surface area contributed by atoms with Gasteiger partial charge >= 0.3 is 6.03 Å². The maximum atomic E-state index is 11.5. The van der Waals surface area contributed by atoms with Crippen molar-refractivity contribution in [1.29, 1.82) is 0 Å². The normalized spacial score (nSPS) is 13.8. The molecule has 0 aliphatic rings. The number of thioether (sulfide) groups is 1. The molecule has 0 saturated carbocycles. The summed E-state index contributed by atoms with van der Waals surface area (Å²) in [6.07, 6.45) is 1.92. The molecule has 4 nitrogen and oxygen atoms in total. The molecule has 94 valence electrons. The summed E-state index contributed by atoms with van der Waals surface area (Å²) in [5.74, 6) is 0.582. The Labute approximate surface area is 106 Å². The largest absolute Gasteiger partial charge is 0.387 e. The number of rotatable bonds is 5. The molecule has 0 aliphatic heterocycles. The molecule has 0 heterocycles. The summed E-state index contributed by atoms with van der Waals surface area (Å²) >= 11 is 1.54. The van der Waals surface area contributed by atoms with Crippen molar-refractivity contribution in [1.82, 2.24) is 5.32 Å². The number of carbonyl (C=O) groups excluding carboxylic acids is 1. The molecule has 0 saturated heterocycles. The number of hydrogen-bond acceptors (Lipinski definition) is 3. The Balaban J connectivity index is 2.36. The van der Waals surface area contributed by atoms with Gasteiger partial charge < -0.3 is 15.7 Å². The van der Waals surface area contributed by atoms with E-state index in [1.165, 1.54) is 0 Å². The average molecular weight is 254 g/mol. The fraction of sp³-hybridized carbons (Fsp3) is 0.417. The number of urea groups is 1. The van der Waals surface area contributed by atoms with Crippen LogP contribution in [0.5, 0.6) is 0 Å². The number of benzene rings is 1. The van der Waals surface area contributed by atoms with Gasteiger partial charge in [0.1, 0.15) is 0 Å². The predicted molar refractivity (Wildman–Crippen MR) is 72.5 cm³/mol. The first kappa shape index (κ1) is 13.9. The van der Waals surface area contributed by atoms with E-state index in [9.17, 15) is 9.90 Å². The van der Waals surface area contributed by atoms with E-state index in [1.54, 1.807) is 30.8 Å². The lowest BCUT2D eigenvalue weighted by atomic mass is 10.1. The zero-order chi connectivity index (χ0) is 12.7. The minimum absolute atomic E-state index is 0.229. The second-order valence-corrected chi connectivity index (χ2v) is 4.97. The van der Waals surface area contributed by atoms with E-state index in [-0.39, 0.29) is 12.6 Å². The van der Waals surface area contributed by atoms with Gasteiger partial charge in [-0.25, -0.2) is 4.79 Å². The van der Waals surface area contributed by atoms with Crippen molar-refractivity contribution in [3.8, 4) is 0 Å². The van der Waals surface area contributed by atoms with E-state index >= 15 is 0 Å². The third kappa shape index (κ3) is 5.60. The van der Waals surface area contributed by atoms with Crippen LogP contribution in [0.4, 0.5) is 10.5 Å². The molecule has 0 aliphatic carbocycles. The van der Waals surface area contributed by atoms with Gasteiger partial charge in [0.25, 0.3) is 0 Å². The van der Waals surface area contributed by atoms with Gasteiger partial charge in [-0.15, -0.1) is 0 Å². The highest BCUT2D eigenvalue weighted by atomic mass is 32.2. The lowest BCUT2D eigenvalue weighted by Gasteiger charge is -2.22. The molecule has 0 fully saturated rings. The molecule has 17 heavy (non-hydrogen) atoms. The van der Waals surface area contributed by atoms with Crippen LogP contribution in [-0.2, 0) is 0 Å². The lowest BCUT2D eigenvalue weighted by molar-refractivity contribution is 0.0876. The van der Waals surface area contributed by atoms with Gasteiger partial charge in [0.2, 0.25) is 0 Å². The smallest absolute Gasteiger partial charge is 0.319 e. The third-order valence-corrected chi connectivity index (χ3v) is 3.03. The number of amides is 2. The van der Waals surface area contributed by atoms with E-state index in [4.69, 9.17) is 0 Å². The van der Waals surface area contributed by atoms with Gasteiger partial charge in [0.15, 0.2) is 0 Å². The molecule has 0 spiro atoms. The molecule has 5 heteroatoms. The van der Waals surface area contributed by atoms with E-state index < -0.39 is 5.60 Å². The number of para-hydroxylation sites is 1. The molecule has 2 amide bonds. The molecule has 0 unspecified atom stereocenters. The summed E-state index contributed by atoms with van der Waals surface area (Å²) in [5.41, 5.74) is -0.150. The van der Waals surface area contributed by atoms with Crippen LogP contribution >= 0.6 is 11.8 Å². The van der Waals surface area contributed by atoms with Crippen LogP contribution in [0.3, 0.4) is 0 Å². The summed E-state index contributed by atoms with van der Waals surface area (Å²) in [6.45, 7) is 1.93. The van der Waals surface area contributed by atoms with Gasteiger partial charge in [-0.1, -0.05) is 18.2 Å². The molecular weight excluding hydrogens is 236 g/mol. The van der Waals surface area contributed by atoms with Crippen LogP contribution in [0.25, 0.3) is 0 Å². The zero-order valence-corrected chi connectivity index (χ0v) is 10.9. The Bertz CT molecular complexity index is 355. The second-order valence-electron chi connectivity index (χ2n) is 4.10. The Morgan fingerprint density at radius 3 is 2.65 bits per heavy atom. The maximum absolute atomic E-state index is 11.5. The van der Waals surface area contributed by atoms with Crippen molar-refractivity contribution in [3.63, 3.8) is 0 Å². The molecule has 0 aromatic heterocycles. The summed E-state index contributed by atoms with van der Waals surface area (Å²) < 4.78 is 0. The van der Waals surface area contributed by atoms with Crippen molar-refractivity contribution < 1.29 is 9.90 Å². The quantitative estimate of drug-likeness (QED) is 0.752. The van der Waals surface area contributed by atoms with Gasteiger partial charge in [0.05, 0.1) is 5.60 Å². The van der Waals surface area contributed by atoms with E-state index in [1.807, 2.05) is 24.5 Å². The van der Waals surface area contributed by atoms with Gasteiger partial charge in [-0.3, -0.25) is 0 Å². The summed E-state index contributed by atoms with van der Waals surface area (Å²) in [6, 6.07) is 8.88. The van der Waals surface area contributed by atoms with Crippen LogP contribution < -0.4 is 10.6 Å². The lowest BCUT2D eigenvalue weighted by Crippen LogP contribution is -2.43. The Hall–Kier alpha value is -1.20. The molecular formula is C12H18N2O2S. The highest BCUT2D eigenvalue weighted by Gasteiger charge is 2.20. The van der Waals surface area contributed by atoms with Crippen molar-refractivity contribution in [3.05, 3.63) is 30.3 Å². The van der Waals surface area contributed by atoms with Crippen molar-refractivity contribution >= 4 is 23.5 Å². The summed E-state index contributed by atoms with van der Waals surface area (Å²) in [5, 5.41) is 15.2. The fourth-order valence-electron chi connectivity index (χ4n) is 1.33. The first-order valence-electron chi connectivity index (χ1n) is 5.35. The van der Waals surface area contributed by atoms with Crippen molar-refractivity contribution in [2.75, 3.05) is 23.9 Å². The van der Waals surface area contributed by atoms with Crippen LogP contribution in [0, 0.1) is 0 Å². The number of aliphatic hydroxyl groups is 1. The van der Waals surface area contributed by atoms with Crippen LogP contribution in [0.15, 0.2) is 30.3 Å². The Morgan fingerprint density at radius 2 is 2.06 bits per heavy atom. The summed E-state index contributed by atoms with van der Waals surface area (Å²) in [7, 11) is 0. The van der Waals surface area contributed by atoms with Gasteiger partial charge in [0, 0.05) is 18.0 Å². The molecule has 1 aromatic carbocycles. The Morgan fingerprint density at radius 1 is 1.41 bits per heavy atom. The molecule has 1 aromatic rings.